The van der Waals surface area contributed by atoms with Crippen LogP contribution in [0.5, 0.6) is 0 Å². The third kappa shape index (κ3) is 6.78. The maximum absolute atomic E-state index is 12.4. The first-order chi connectivity index (χ1) is 18.6. The van der Waals surface area contributed by atoms with E-state index >= 15 is 0 Å². The molecule has 3 aromatic heterocycles. The molecule has 4 aromatic rings. The number of benzene rings is 1. The van der Waals surface area contributed by atoms with E-state index in [-0.39, 0.29) is 18.2 Å². The van der Waals surface area contributed by atoms with Crippen molar-refractivity contribution in [1.29, 1.82) is 0 Å². The van der Waals surface area contributed by atoms with Crippen LogP contribution in [0.1, 0.15) is 47.5 Å². The van der Waals surface area contributed by atoms with Gasteiger partial charge in [-0.3, -0.25) is 0 Å². The molecule has 1 aliphatic rings. The van der Waals surface area contributed by atoms with E-state index in [4.69, 9.17) is 4.74 Å². The largest absolute Gasteiger partial charge is 0.444 e. The number of hydrogen-bond acceptors (Lipinski definition) is 9. The van der Waals surface area contributed by atoms with Crippen LogP contribution in [-0.2, 0) is 4.74 Å². The van der Waals surface area contributed by atoms with Crippen molar-refractivity contribution in [2.45, 2.75) is 65.1 Å². The van der Waals surface area contributed by atoms with Crippen LogP contribution in [0.3, 0.4) is 0 Å². The number of imidazole rings is 1. The summed E-state index contributed by atoms with van der Waals surface area (Å²) in [5, 5.41) is 10.4. The number of thiazole rings is 1. The van der Waals surface area contributed by atoms with Crippen LogP contribution in [0, 0.1) is 0 Å². The number of piperidine rings is 1. The van der Waals surface area contributed by atoms with E-state index in [2.05, 4.69) is 55.8 Å². The van der Waals surface area contributed by atoms with Crippen LogP contribution in [0.4, 0.5) is 27.9 Å². The Balaban J connectivity index is 1.25. The molecule has 11 heteroatoms. The number of likely N-dealkylation sites (tertiary alicyclic amines) is 1. The molecular formula is C28H36N8O2S. The molecule has 0 unspecified atom stereocenters. The third-order valence-corrected chi connectivity index (χ3v) is 7.10. The van der Waals surface area contributed by atoms with Gasteiger partial charge in [0, 0.05) is 54.4 Å². The van der Waals surface area contributed by atoms with Gasteiger partial charge in [0.2, 0.25) is 5.95 Å². The minimum absolute atomic E-state index is 0.219. The molecule has 4 N–H and O–H groups in total. The zero-order valence-corrected chi connectivity index (χ0v) is 23.9. The molecule has 0 radical (unpaired) electrons. The summed E-state index contributed by atoms with van der Waals surface area (Å²) in [7, 11) is 0. The summed E-state index contributed by atoms with van der Waals surface area (Å²) >= 11 is 1.62. The Morgan fingerprint density at radius 1 is 1.13 bits per heavy atom. The summed E-state index contributed by atoms with van der Waals surface area (Å²) < 4.78 is 6.64. The summed E-state index contributed by atoms with van der Waals surface area (Å²) in [5.41, 5.74) is 6.10. The molecule has 10 nitrogen and oxygen atoms in total. The number of carbonyl (C=O) groups is 1. The minimum atomic E-state index is -0.487. The average Bonchev–Trinajstić information content (AvgIpc) is 3.52. The molecule has 1 fully saturated rings. The van der Waals surface area contributed by atoms with Crippen molar-refractivity contribution >= 4 is 50.8 Å². The highest BCUT2D eigenvalue weighted by atomic mass is 32.1. The Labute approximate surface area is 232 Å². The van der Waals surface area contributed by atoms with Gasteiger partial charge in [-0.05, 0) is 65.7 Å². The van der Waals surface area contributed by atoms with Crippen molar-refractivity contribution in [3.63, 3.8) is 0 Å². The molecule has 0 saturated carbocycles. The van der Waals surface area contributed by atoms with Crippen LogP contribution in [0.25, 0.3) is 21.5 Å². The first-order valence-electron chi connectivity index (χ1n) is 13.3. The number of fused-ring (bicyclic) bond motifs is 1. The smallest absolute Gasteiger partial charge is 0.410 e. The summed E-state index contributed by atoms with van der Waals surface area (Å²) in [6, 6.07) is 8.59. The molecular weight excluding hydrogens is 512 g/mol. The van der Waals surface area contributed by atoms with Crippen molar-refractivity contribution in [2.24, 2.45) is 0 Å². The highest BCUT2D eigenvalue weighted by molar-refractivity contribution is 7.16. The number of ether oxygens (including phenoxy) is 1. The molecule has 1 saturated heterocycles. The number of anilines is 4. The van der Waals surface area contributed by atoms with E-state index in [1.54, 1.807) is 16.2 Å². The highest BCUT2D eigenvalue weighted by Gasteiger charge is 2.27. The fourth-order valence-electron chi connectivity index (χ4n) is 4.51. The topological polar surface area (TPSA) is 120 Å². The van der Waals surface area contributed by atoms with Gasteiger partial charge in [0.25, 0.3) is 0 Å². The number of nitrogens with zero attached hydrogens (tertiary/aromatic N) is 4. The molecule has 1 aromatic carbocycles. The SMILES string of the molecule is CC(C)Nc1cc(Nc2ccc3ncsc3c2)ncc1-c1cnc(NC2CCN(C(=O)OC(C)(C)C)CC2)[nH]1. The van der Waals surface area contributed by atoms with Crippen molar-refractivity contribution in [3.8, 4) is 11.3 Å². The fraction of sp³-hybridized carbons (Fsp3) is 0.429. The van der Waals surface area contributed by atoms with Gasteiger partial charge in [0.1, 0.15) is 11.4 Å². The molecule has 0 bridgehead atoms. The van der Waals surface area contributed by atoms with Gasteiger partial charge in [-0.1, -0.05) is 0 Å². The number of aromatic nitrogens is 4. The fourth-order valence-corrected chi connectivity index (χ4v) is 5.22. The van der Waals surface area contributed by atoms with Gasteiger partial charge in [0.05, 0.1) is 27.6 Å². The molecule has 4 heterocycles. The Kier molecular flexibility index (Phi) is 7.60. The lowest BCUT2D eigenvalue weighted by molar-refractivity contribution is 0.0210. The number of carbonyl (C=O) groups excluding carboxylic acids is 1. The highest BCUT2D eigenvalue weighted by Crippen LogP contribution is 2.31. The summed E-state index contributed by atoms with van der Waals surface area (Å²) in [6.07, 6.45) is 5.08. The van der Waals surface area contributed by atoms with E-state index in [0.717, 1.165) is 51.5 Å². The lowest BCUT2D eigenvalue weighted by Crippen LogP contribution is -2.44. The average molecular weight is 549 g/mol. The number of pyridine rings is 1. The predicted octanol–water partition coefficient (Wildman–Crippen LogP) is 6.46. The second kappa shape index (κ2) is 11.1. The van der Waals surface area contributed by atoms with E-state index in [1.807, 2.05) is 56.9 Å². The van der Waals surface area contributed by atoms with Crippen molar-refractivity contribution in [2.75, 3.05) is 29.0 Å². The molecule has 206 valence electrons. The number of amides is 1. The van der Waals surface area contributed by atoms with E-state index < -0.39 is 5.60 Å². The number of H-pyrrole nitrogens is 1. The third-order valence-electron chi connectivity index (χ3n) is 6.31. The Hall–Kier alpha value is -3.86. The number of nitrogens with one attached hydrogen (secondary N) is 4. The normalized spacial score (nSPS) is 14.6. The van der Waals surface area contributed by atoms with Crippen molar-refractivity contribution in [3.05, 3.63) is 42.2 Å². The van der Waals surface area contributed by atoms with Gasteiger partial charge >= 0.3 is 6.09 Å². The zero-order chi connectivity index (χ0) is 27.6. The van der Waals surface area contributed by atoms with Crippen LogP contribution >= 0.6 is 11.3 Å². The van der Waals surface area contributed by atoms with Crippen molar-refractivity contribution < 1.29 is 9.53 Å². The molecule has 39 heavy (non-hydrogen) atoms. The Morgan fingerprint density at radius 3 is 2.67 bits per heavy atom. The van der Waals surface area contributed by atoms with Gasteiger partial charge in [-0.15, -0.1) is 11.3 Å². The number of rotatable bonds is 7. The van der Waals surface area contributed by atoms with E-state index in [9.17, 15) is 4.79 Å². The molecule has 0 spiro atoms. The first kappa shape index (κ1) is 26.7. The second-order valence-electron chi connectivity index (χ2n) is 11.1. The minimum Gasteiger partial charge on any atom is -0.444 e. The van der Waals surface area contributed by atoms with Gasteiger partial charge in [0.15, 0.2) is 0 Å². The van der Waals surface area contributed by atoms with Gasteiger partial charge < -0.3 is 30.6 Å². The molecule has 0 atom stereocenters. The second-order valence-corrected chi connectivity index (χ2v) is 12.0. The van der Waals surface area contributed by atoms with E-state index in [1.165, 1.54) is 0 Å². The maximum Gasteiger partial charge on any atom is 0.410 e. The molecule has 0 aliphatic carbocycles. The lowest BCUT2D eigenvalue weighted by Gasteiger charge is -2.33. The Morgan fingerprint density at radius 2 is 1.92 bits per heavy atom. The van der Waals surface area contributed by atoms with Crippen LogP contribution in [0.15, 0.2) is 42.2 Å². The zero-order valence-electron chi connectivity index (χ0n) is 23.0. The van der Waals surface area contributed by atoms with Crippen molar-refractivity contribution in [1.82, 2.24) is 24.8 Å². The quantitative estimate of drug-likeness (QED) is 0.208. The first-order valence-corrected chi connectivity index (χ1v) is 14.2. The molecule has 1 aliphatic heterocycles. The number of aromatic amines is 1. The monoisotopic (exact) mass is 548 g/mol. The number of hydrogen-bond donors (Lipinski definition) is 4. The van der Waals surface area contributed by atoms with Crippen LogP contribution < -0.4 is 16.0 Å². The molecule has 5 rings (SSSR count). The summed E-state index contributed by atoms with van der Waals surface area (Å²) in [6.45, 7) is 11.2. The molecule has 1 amide bonds. The standard InChI is InChI=1S/C28H36N8O2S/c1-17(2)32-22-13-25(33-19-6-7-21-24(12-19)39-16-31-21)29-14-20(22)23-15-30-26(35-23)34-18-8-10-36(11-9-18)27(37)38-28(3,4)5/h6-7,12-18H,8-11H2,1-5H3,(H2,29,32,33)(H2,30,34,35). The van der Waals surface area contributed by atoms with Crippen LogP contribution in [-0.4, -0.2) is 61.7 Å². The lowest BCUT2D eigenvalue weighted by atomic mass is 10.1. The summed E-state index contributed by atoms with van der Waals surface area (Å²) in [4.78, 5) is 31.1. The summed E-state index contributed by atoms with van der Waals surface area (Å²) in [5.74, 6) is 1.46. The maximum atomic E-state index is 12.4. The Bertz CT molecular complexity index is 1430. The predicted molar refractivity (Wildman–Crippen MR) is 158 cm³/mol. The van der Waals surface area contributed by atoms with E-state index in [0.29, 0.717) is 19.0 Å². The van der Waals surface area contributed by atoms with Gasteiger partial charge in [-0.2, -0.15) is 0 Å². The van der Waals surface area contributed by atoms with Gasteiger partial charge in [-0.25, -0.2) is 19.7 Å². The van der Waals surface area contributed by atoms with Crippen LogP contribution in [0.2, 0.25) is 0 Å².